The molecule has 0 fully saturated rings. The highest BCUT2D eigenvalue weighted by atomic mass is 32.1. The summed E-state index contributed by atoms with van der Waals surface area (Å²) in [5.41, 5.74) is 8.94. The zero-order valence-corrected chi connectivity index (χ0v) is 14.6. The van der Waals surface area contributed by atoms with Gasteiger partial charge in [0.05, 0.1) is 12.2 Å². The molecule has 3 nitrogen and oxygen atoms in total. The zero-order valence-electron chi connectivity index (χ0n) is 13.8. The summed E-state index contributed by atoms with van der Waals surface area (Å²) in [7, 11) is 0. The Balaban J connectivity index is 2.01. The highest BCUT2D eigenvalue weighted by Crippen LogP contribution is 2.46. The number of esters is 1. The van der Waals surface area contributed by atoms with Crippen molar-refractivity contribution < 1.29 is 9.53 Å². The molecule has 1 heterocycles. The first-order valence-electron chi connectivity index (χ1n) is 8.17. The number of carbonyl (C=O) groups excluding carboxylic acids is 1. The molecule has 1 aliphatic rings. The number of rotatable bonds is 4. The van der Waals surface area contributed by atoms with Gasteiger partial charge in [0.15, 0.2) is 0 Å². The molecule has 0 amide bonds. The summed E-state index contributed by atoms with van der Waals surface area (Å²) in [6.07, 6.45) is 8.90. The average molecular weight is 339 g/mol. The van der Waals surface area contributed by atoms with Gasteiger partial charge in [0, 0.05) is 16.7 Å². The summed E-state index contributed by atoms with van der Waals surface area (Å²) >= 11 is 1.50. The first-order valence-corrected chi connectivity index (χ1v) is 8.99. The van der Waals surface area contributed by atoms with Crippen molar-refractivity contribution in [2.45, 2.75) is 38.0 Å². The van der Waals surface area contributed by atoms with E-state index in [1.54, 1.807) is 6.92 Å². The van der Waals surface area contributed by atoms with Gasteiger partial charge in [0.2, 0.25) is 0 Å². The Hall–Kier alpha value is -2.25. The second-order valence-electron chi connectivity index (χ2n) is 6.17. The number of hydrogen-bond acceptors (Lipinski definition) is 4. The van der Waals surface area contributed by atoms with Crippen LogP contribution in [-0.4, -0.2) is 12.6 Å². The molecule has 2 N–H and O–H groups in total. The quantitative estimate of drug-likeness (QED) is 0.678. The van der Waals surface area contributed by atoms with E-state index in [0.717, 1.165) is 24.8 Å². The number of anilines is 1. The molecule has 1 aromatic carbocycles. The van der Waals surface area contributed by atoms with E-state index in [-0.39, 0.29) is 11.4 Å². The molecule has 4 heteroatoms. The largest absolute Gasteiger partial charge is 0.462 e. The lowest BCUT2D eigenvalue weighted by atomic mass is 9.67. The van der Waals surface area contributed by atoms with Crippen molar-refractivity contribution in [3.63, 3.8) is 0 Å². The average Bonchev–Trinajstić information content (AvgIpc) is 2.91. The van der Waals surface area contributed by atoms with Gasteiger partial charge in [0.1, 0.15) is 5.00 Å². The summed E-state index contributed by atoms with van der Waals surface area (Å²) in [5.74, 6) is 2.55. The van der Waals surface area contributed by atoms with Gasteiger partial charge in [-0.05, 0) is 37.3 Å². The van der Waals surface area contributed by atoms with Crippen LogP contribution in [0, 0.1) is 12.3 Å². The number of hydrogen-bond donors (Lipinski definition) is 1. The molecule has 0 aliphatic heterocycles. The van der Waals surface area contributed by atoms with Crippen molar-refractivity contribution in [2.24, 2.45) is 0 Å². The fourth-order valence-corrected chi connectivity index (χ4v) is 4.86. The molecule has 0 saturated heterocycles. The number of terminal acetylenes is 1. The van der Waals surface area contributed by atoms with E-state index in [2.05, 4.69) is 30.2 Å². The molecular weight excluding hydrogens is 318 g/mol. The predicted octanol–water partition coefficient (Wildman–Crippen LogP) is 3.96. The zero-order chi connectivity index (χ0) is 17.2. The van der Waals surface area contributed by atoms with Crippen molar-refractivity contribution in [3.8, 4) is 12.3 Å². The summed E-state index contributed by atoms with van der Waals surface area (Å²) in [5, 5.41) is 0.558. The Morgan fingerprint density at radius 1 is 1.42 bits per heavy atom. The van der Waals surface area contributed by atoms with Gasteiger partial charge >= 0.3 is 5.97 Å². The van der Waals surface area contributed by atoms with Crippen molar-refractivity contribution in [1.29, 1.82) is 0 Å². The number of fused-ring (bicyclic) bond motifs is 1. The van der Waals surface area contributed by atoms with Crippen LogP contribution in [-0.2, 0) is 23.0 Å². The smallest absolute Gasteiger partial charge is 0.341 e. The van der Waals surface area contributed by atoms with Gasteiger partial charge in [0.25, 0.3) is 0 Å². The molecular formula is C20H21NO2S. The van der Waals surface area contributed by atoms with Crippen molar-refractivity contribution in [2.75, 3.05) is 12.3 Å². The number of nitrogen functional groups attached to an aromatic ring is 1. The Kier molecular flexibility index (Phi) is 4.64. The van der Waals surface area contributed by atoms with Crippen molar-refractivity contribution >= 4 is 22.3 Å². The fraction of sp³-hybridized carbons (Fsp3) is 0.350. The minimum atomic E-state index is -0.309. The van der Waals surface area contributed by atoms with Crippen LogP contribution in [0.3, 0.4) is 0 Å². The van der Waals surface area contributed by atoms with Crippen LogP contribution >= 0.6 is 11.3 Å². The predicted molar refractivity (Wildman–Crippen MR) is 98.3 cm³/mol. The molecule has 3 rings (SSSR count). The second-order valence-corrected chi connectivity index (χ2v) is 7.30. The number of thiophene rings is 1. The standard InChI is InChI=1S/C20H21NO2S/c1-3-11-20(14-8-6-5-7-9-14)12-10-15-16(13-20)24-18(21)17(15)19(22)23-4-2/h1,5-9H,4,10-13,21H2,2H3. The minimum Gasteiger partial charge on any atom is -0.462 e. The van der Waals surface area contributed by atoms with E-state index in [1.807, 2.05) is 6.07 Å². The summed E-state index contributed by atoms with van der Waals surface area (Å²) in [6.45, 7) is 2.16. The third-order valence-corrected chi connectivity index (χ3v) is 5.84. The third-order valence-electron chi connectivity index (χ3n) is 4.78. The van der Waals surface area contributed by atoms with Crippen LogP contribution in [0.5, 0.6) is 0 Å². The Labute approximate surface area is 146 Å². The molecule has 1 atom stereocenters. The molecule has 24 heavy (non-hydrogen) atoms. The van der Waals surface area contributed by atoms with E-state index < -0.39 is 0 Å². The van der Waals surface area contributed by atoms with Gasteiger partial charge in [-0.1, -0.05) is 30.3 Å². The van der Waals surface area contributed by atoms with E-state index >= 15 is 0 Å². The van der Waals surface area contributed by atoms with Crippen LogP contribution in [0.25, 0.3) is 0 Å². The molecule has 0 radical (unpaired) electrons. The van der Waals surface area contributed by atoms with Crippen LogP contribution in [0.1, 0.15) is 46.1 Å². The van der Waals surface area contributed by atoms with E-state index in [9.17, 15) is 4.79 Å². The monoisotopic (exact) mass is 339 g/mol. The van der Waals surface area contributed by atoms with Gasteiger partial charge in [-0.2, -0.15) is 0 Å². The maximum atomic E-state index is 12.2. The maximum absolute atomic E-state index is 12.2. The van der Waals surface area contributed by atoms with Gasteiger partial charge in [-0.3, -0.25) is 0 Å². The lowest BCUT2D eigenvalue weighted by Gasteiger charge is -2.36. The number of carbonyl (C=O) groups is 1. The first kappa shape index (κ1) is 16.6. The highest BCUT2D eigenvalue weighted by Gasteiger charge is 2.39. The van der Waals surface area contributed by atoms with Gasteiger partial charge in [-0.25, -0.2) is 4.79 Å². The SMILES string of the molecule is C#CCC1(c2ccccc2)CCc2c(sc(N)c2C(=O)OCC)C1. The maximum Gasteiger partial charge on any atom is 0.341 e. The van der Waals surface area contributed by atoms with Crippen LogP contribution in [0.4, 0.5) is 5.00 Å². The molecule has 0 bridgehead atoms. The molecule has 0 spiro atoms. The van der Waals surface area contributed by atoms with Crippen LogP contribution < -0.4 is 5.73 Å². The number of ether oxygens (including phenoxy) is 1. The molecule has 1 aliphatic carbocycles. The van der Waals surface area contributed by atoms with Crippen LogP contribution in [0.2, 0.25) is 0 Å². The molecule has 0 saturated carbocycles. The fourth-order valence-electron chi connectivity index (χ4n) is 3.61. The minimum absolute atomic E-state index is 0.0771. The van der Waals surface area contributed by atoms with Crippen LogP contribution in [0.15, 0.2) is 30.3 Å². The Morgan fingerprint density at radius 2 is 2.17 bits per heavy atom. The van der Waals surface area contributed by atoms with E-state index in [0.29, 0.717) is 23.6 Å². The molecule has 1 unspecified atom stereocenters. The summed E-state index contributed by atoms with van der Waals surface area (Å²) in [6, 6.07) is 10.4. The Bertz CT molecular complexity index is 788. The Morgan fingerprint density at radius 3 is 2.83 bits per heavy atom. The molecule has 2 aromatic rings. The second kappa shape index (κ2) is 6.70. The van der Waals surface area contributed by atoms with E-state index in [1.165, 1.54) is 21.8 Å². The highest BCUT2D eigenvalue weighted by molar-refractivity contribution is 7.16. The first-order chi connectivity index (χ1) is 11.6. The molecule has 124 valence electrons. The third kappa shape index (κ3) is 2.81. The van der Waals surface area contributed by atoms with Crippen molar-refractivity contribution in [1.82, 2.24) is 0 Å². The number of benzene rings is 1. The van der Waals surface area contributed by atoms with Gasteiger partial charge in [-0.15, -0.1) is 23.7 Å². The van der Waals surface area contributed by atoms with Crippen molar-refractivity contribution in [3.05, 3.63) is 51.9 Å². The van der Waals surface area contributed by atoms with E-state index in [4.69, 9.17) is 16.9 Å². The number of nitrogens with two attached hydrogens (primary N) is 1. The summed E-state index contributed by atoms with van der Waals surface area (Å²) < 4.78 is 5.17. The topological polar surface area (TPSA) is 52.3 Å². The lowest BCUT2D eigenvalue weighted by Crippen LogP contribution is -2.33. The normalized spacial score (nSPS) is 19.3. The van der Waals surface area contributed by atoms with Gasteiger partial charge < -0.3 is 10.5 Å². The lowest BCUT2D eigenvalue weighted by molar-refractivity contribution is 0.0526. The molecule has 1 aromatic heterocycles. The summed E-state index contributed by atoms with van der Waals surface area (Å²) in [4.78, 5) is 13.4.